The SMILES string of the molecule is COc1cc(C#N)cc(OC(CN)c2ccc(C)s2)c1. The number of nitrogens with two attached hydrogens (primary N) is 1. The van der Waals surface area contributed by atoms with Crippen LogP contribution >= 0.6 is 11.3 Å². The number of nitrogens with zero attached hydrogens (tertiary/aromatic N) is 1. The number of hydrogen-bond donors (Lipinski definition) is 1. The van der Waals surface area contributed by atoms with E-state index >= 15 is 0 Å². The number of nitriles is 1. The summed E-state index contributed by atoms with van der Waals surface area (Å²) in [5, 5.41) is 9.01. The van der Waals surface area contributed by atoms with Crippen LogP contribution in [0.25, 0.3) is 0 Å². The van der Waals surface area contributed by atoms with Gasteiger partial charge in [0, 0.05) is 22.4 Å². The van der Waals surface area contributed by atoms with Crippen molar-refractivity contribution in [2.75, 3.05) is 13.7 Å². The summed E-state index contributed by atoms with van der Waals surface area (Å²) in [5.74, 6) is 1.18. The molecule has 0 spiro atoms. The van der Waals surface area contributed by atoms with Gasteiger partial charge < -0.3 is 15.2 Å². The molecule has 1 aromatic carbocycles. The average molecular weight is 288 g/mol. The molecule has 5 heteroatoms. The molecule has 1 atom stereocenters. The molecule has 4 nitrogen and oxygen atoms in total. The maximum atomic E-state index is 9.01. The lowest BCUT2D eigenvalue weighted by Crippen LogP contribution is -2.17. The van der Waals surface area contributed by atoms with E-state index in [1.54, 1.807) is 36.6 Å². The topological polar surface area (TPSA) is 68.3 Å². The number of methoxy groups -OCH3 is 1. The number of aryl methyl sites for hydroxylation is 1. The molecule has 0 aliphatic heterocycles. The van der Waals surface area contributed by atoms with E-state index < -0.39 is 0 Å². The van der Waals surface area contributed by atoms with Crippen molar-refractivity contribution in [2.24, 2.45) is 5.73 Å². The Morgan fingerprint density at radius 2 is 2.05 bits per heavy atom. The quantitative estimate of drug-likeness (QED) is 0.918. The van der Waals surface area contributed by atoms with Crippen molar-refractivity contribution in [1.29, 1.82) is 5.26 Å². The molecule has 2 rings (SSSR count). The van der Waals surface area contributed by atoms with Gasteiger partial charge in [-0.05, 0) is 31.2 Å². The van der Waals surface area contributed by atoms with Gasteiger partial charge >= 0.3 is 0 Å². The molecule has 0 radical (unpaired) electrons. The molecule has 0 amide bonds. The maximum absolute atomic E-state index is 9.01. The van der Waals surface area contributed by atoms with Gasteiger partial charge in [-0.3, -0.25) is 0 Å². The molecule has 1 unspecified atom stereocenters. The first kappa shape index (κ1) is 14.4. The molecular formula is C15H16N2O2S. The van der Waals surface area contributed by atoms with E-state index in [9.17, 15) is 0 Å². The van der Waals surface area contributed by atoms with Crippen molar-refractivity contribution in [1.82, 2.24) is 0 Å². The van der Waals surface area contributed by atoms with Gasteiger partial charge in [0.2, 0.25) is 0 Å². The van der Waals surface area contributed by atoms with Crippen molar-refractivity contribution < 1.29 is 9.47 Å². The molecule has 0 aliphatic carbocycles. The first-order valence-electron chi connectivity index (χ1n) is 6.18. The molecule has 2 N–H and O–H groups in total. The summed E-state index contributed by atoms with van der Waals surface area (Å²) in [7, 11) is 1.56. The lowest BCUT2D eigenvalue weighted by atomic mass is 10.2. The van der Waals surface area contributed by atoms with E-state index in [2.05, 4.69) is 6.07 Å². The summed E-state index contributed by atoms with van der Waals surface area (Å²) in [4.78, 5) is 2.29. The van der Waals surface area contributed by atoms with Crippen LogP contribution in [0.3, 0.4) is 0 Å². The van der Waals surface area contributed by atoms with Crippen LogP contribution in [0.5, 0.6) is 11.5 Å². The standard InChI is InChI=1S/C15H16N2O2S/c1-10-3-4-15(20-10)14(9-17)19-13-6-11(8-16)5-12(7-13)18-2/h3-7,14H,9,17H2,1-2H3. The number of rotatable bonds is 5. The second kappa shape index (κ2) is 6.42. The highest BCUT2D eigenvalue weighted by Crippen LogP contribution is 2.29. The summed E-state index contributed by atoms with van der Waals surface area (Å²) in [6, 6.07) is 11.3. The van der Waals surface area contributed by atoms with Gasteiger partial charge in [0.05, 0.1) is 18.7 Å². The monoisotopic (exact) mass is 288 g/mol. The van der Waals surface area contributed by atoms with Crippen molar-refractivity contribution in [2.45, 2.75) is 13.0 Å². The molecule has 20 heavy (non-hydrogen) atoms. The molecule has 0 saturated carbocycles. The number of ether oxygens (including phenoxy) is 2. The van der Waals surface area contributed by atoms with E-state index in [0.717, 1.165) is 4.88 Å². The number of hydrogen-bond acceptors (Lipinski definition) is 5. The Labute approximate surface area is 122 Å². The van der Waals surface area contributed by atoms with E-state index in [-0.39, 0.29) is 6.10 Å². The predicted octanol–water partition coefficient (Wildman–Crippen LogP) is 3.02. The zero-order valence-electron chi connectivity index (χ0n) is 11.4. The lowest BCUT2D eigenvalue weighted by Gasteiger charge is -2.17. The van der Waals surface area contributed by atoms with Crippen LogP contribution in [-0.4, -0.2) is 13.7 Å². The summed E-state index contributed by atoms with van der Waals surface area (Å²) >= 11 is 1.66. The van der Waals surface area contributed by atoms with Crippen LogP contribution in [0, 0.1) is 18.3 Å². The van der Waals surface area contributed by atoms with Gasteiger partial charge in [-0.2, -0.15) is 5.26 Å². The average Bonchev–Trinajstić information content (AvgIpc) is 2.90. The van der Waals surface area contributed by atoms with Crippen molar-refractivity contribution >= 4 is 11.3 Å². The molecule has 0 saturated heterocycles. The minimum Gasteiger partial charge on any atom is -0.497 e. The Hall–Kier alpha value is -2.03. The smallest absolute Gasteiger partial charge is 0.145 e. The van der Waals surface area contributed by atoms with Crippen molar-refractivity contribution in [3.8, 4) is 17.6 Å². The summed E-state index contributed by atoms with van der Waals surface area (Å²) in [6.45, 7) is 2.42. The van der Waals surface area contributed by atoms with Gasteiger partial charge in [0.25, 0.3) is 0 Å². The van der Waals surface area contributed by atoms with Crippen LogP contribution < -0.4 is 15.2 Å². The fourth-order valence-electron chi connectivity index (χ4n) is 1.84. The second-order valence-electron chi connectivity index (χ2n) is 4.30. The predicted molar refractivity (Wildman–Crippen MR) is 79.2 cm³/mol. The molecule has 1 heterocycles. The number of thiophene rings is 1. The normalized spacial score (nSPS) is 11.7. The molecule has 2 aromatic rings. The zero-order chi connectivity index (χ0) is 14.5. The van der Waals surface area contributed by atoms with Gasteiger partial charge in [0.1, 0.15) is 17.6 Å². The Morgan fingerprint density at radius 3 is 2.60 bits per heavy atom. The van der Waals surface area contributed by atoms with E-state index in [1.165, 1.54) is 4.88 Å². The third-order valence-electron chi connectivity index (χ3n) is 2.82. The first-order chi connectivity index (χ1) is 9.66. The van der Waals surface area contributed by atoms with Gasteiger partial charge in [-0.15, -0.1) is 11.3 Å². The molecule has 1 aromatic heterocycles. The Balaban J connectivity index is 2.25. The van der Waals surface area contributed by atoms with Crippen LogP contribution in [0.1, 0.15) is 21.4 Å². The zero-order valence-corrected chi connectivity index (χ0v) is 12.2. The minimum absolute atomic E-state index is 0.215. The fourth-order valence-corrected chi connectivity index (χ4v) is 2.75. The maximum Gasteiger partial charge on any atom is 0.145 e. The molecular weight excluding hydrogens is 272 g/mol. The first-order valence-corrected chi connectivity index (χ1v) is 7.00. The largest absolute Gasteiger partial charge is 0.497 e. The molecule has 104 valence electrons. The lowest BCUT2D eigenvalue weighted by molar-refractivity contribution is 0.217. The highest BCUT2D eigenvalue weighted by molar-refractivity contribution is 7.12. The van der Waals surface area contributed by atoms with Gasteiger partial charge in [-0.25, -0.2) is 0 Å². The Kier molecular flexibility index (Phi) is 4.61. The number of benzene rings is 1. The van der Waals surface area contributed by atoms with Crippen LogP contribution in [-0.2, 0) is 0 Å². The summed E-state index contributed by atoms with van der Waals surface area (Å²) < 4.78 is 11.1. The fraction of sp³-hybridized carbons (Fsp3) is 0.267. The third kappa shape index (κ3) is 3.29. The second-order valence-corrected chi connectivity index (χ2v) is 5.62. The van der Waals surface area contributed by atoms with Gasteiger partial charge in [-0.1, -0.05) is 0 Å². The highest BCUT2D eigenvalue weighted by Gasteiger charge is 2.14. The Bertz CT molecular complexity index is 631. The van der Waals surface area contributed by atoms with Crippen LogP contribution in [0.2, 0.25) is 0 Å². The molecule has 0 aliphatic rings. The van der Waals surface area contributed by atoms with Crippen LogP contribution in [0.4, 0.5) is 0 Å². The van der Waals surface area contributed by atoms with E-state index in [1.807, 2.05) is 19.1 Å². The van der Waals surface area contributed by atoms with Crippen molar-refractivity contribution in [3.63, 3.8) is 0 Å². The summed E-state index contributed by atoms with van der Waals surface area (Å²) in [6.07, 6.45) is -0.215. The molecule has 0 bridgehead atoms. The minimum atomic E-state index is -0.215. The highest BCUT2D eigenvalue weighted by atomic mass is 32.1. The van der Waals surface area contributed by atoms with Gasteiger partial charge in [0.15, 0.2) is 0 Å². The van der Waals surface area contributed by atoms with Crippen LogP contribution in [0.15, 0.2) is 30.3 Å². The third-order valence-corrected chi connectivity index (χ3v) is 3.91. The molecule has 0 fully saturated rings. The van der Waals surface area contributed by atoms with E-state index in [0.29, 0.717) is 23.6 Å². The van der Waals surface area contributed by atoms with E-state index in [4.69, 9.17) is 20.5 Å². The summed E-state index contributed by atoms with van der Waals surface area (Å²) in [5.41, 5.74) is 6.29. The van der Waals surface area contributed by atoms with Crippen molar-refractivity contribution in [3.05, 3.63) is 45.6 Å². The Morgan fingerprint density at radius 1 is 1.30 bits per heavy atom.